The van der Waals surface area contributed by atoms with E-state index in [4.69, 9.17) is 0 Å². The van der Waals surface area contributed by atoms with E-state index < -0.39 is 34.9 Å². The highest BCUT2D eigenvalue weighted by Crippen LogP contribution is 2.40. The average Bonchev–Trinajstić information content (AvgIpc) is 3.31. The molecule has 0 radical (unpaired) electrons. The molecule has 3 aromatic heterocycles. The predicted octanol–water partition coefficient (Wildman–Crippen LogP) is 6.24. The van der Waals surface area contributed by atoms with Gasteiger partial charge in [-0.05, 0) is 41.5 Å². The second kappa shape index (κ2) is 9.64. The van der Waals surface area contributed by atoms with Crippen molar-refractivity contribution in [1.82, 2.24) is 20.1 Å². The van der Waals surface area contributed by atoms with Crippen LogP contribution in [0.1, 0.15) is 16.7 Å². The molecular weight excluding hydrogens is 529 g/mol. The Morgan fingerprint density at radius 1 is 0.923 bits per heavy atom. The molecule has 13 heteroatoms. The zero-order valence-electron chi connectivity index (χ0n) is 20.0. The van der Waals surface area contributed by atoms with Gasteiger partial charge in [-0.15, -0.1) is 0 Å². The van der Waals surface area contributed by atoms with Gasteiger partial charge in [0.25, 0.3) is 0 Å². The van der Waals surface area contributed by atoms with Crippen LogP contribution in [0, 0.1) is 5.82 Å². The Kier molecular flexibility index (Phi) is 6.44. The van der Waals surface area contributed by atoms with Gasteiger partial charge in [0.1, 0.15) is 23.1 Å². The molecule has 2 aromatic carbocycles. The first-order valence-electron chi connectivity index (χ1n) is 11.4. The predicted molar refractivity (Wildman–Crippen MR) is 128 cm³/mol. The molecule has 0 unspecified atom stereocenters. The van der Waals surface area contributed by atoms with Gasteiger partial charge in [-0.3, -0.25) is 4.98 Å². The number of nitrogens with zero attached hydrogens (tertiary/aromatic N) is 4. The number of hydrogen-bond acceptors (Lipinski definition) is 4. The lowest BCUT2D eigenvalue weighted by Crippen LogP contribution is -2.37. The number of benzene rings is 2. The van der Waals surface area contributed by atoms with Gasteiger partial charge in [0.05, 0.1) is 28.1 Å². The Morgan fingerprint density at radius 2 is 1.72 bits per heavy atom. The summed E-state index contributed by atoms with van der Waals surface area (Å²) in [5.41, 5.74) is -1.20. The number of hydrogen-bond donors (Lipinski definition) is 2. The van der Waals surface area contributed by atoms with Crippen LogP contribution in [0.2, 0.25) is 0 Å². The van der Waals surface area contributed by atoms with Crippen LogP contribution in [0.25, 0.3) is 33.7 Å². The van der Waals surface area contributed by atoms with E-state index in [0.717, 1.165) is 6.07 Å². The standard InChI is InChI=1S/C26H17F7N6/c1-34-20-4-2-3-17(23(20)27)24-37-21-11-36-39(13-22(21)38-24)12-14-5-8-19(35-10-14)16-7-6-15(25(28,29)30)9-18(16)26(31,32)33/h2-11,13,34H,12H2,1H3/p+1. The van der Waals surface area contributed by atoms with Crippen LogP contribution in [0.3, 0.4) is 0 Å². The van der Waals surface area contributed by atoms with E-state index in [1.165, 1.54) is 29.2 Å². The molecule has 0 amide bonds. The maximum atomic E-state index is 14.7. The minimum Gasteiger partial charge on any atom is -0.386 e. The van der Waals surface area contributed by atoms with Crippen LogP contribution in [0.4, 0.5) is 36.4 Å². The summed E-state index contributed by atoms with van der Waals surface area (Å²) in [7, 11) is 1.60. The smallest absolute Gasteiger partial charge is 0.386 e. The monoisotopic (exact) mass is 547 g/mol. The highest BCUT2D eigenvalue weighted by molar-refractivity contribution is 5.78. The fourth-order valence-corrected chi connectivity index (χ4v) is 4.07. The van der Waals surface area contributed by atoms with Gasteiger partial charge in [0, 0.05) is 24.4 Å². The number of nitrogens with one attached hydrogen (secondary N) is 2. The summed E-state index contributed by atoms with van der Waals surface area (Å²) < 4.78 is 95.7. The minimum absolute atomic E-state index is 0.0828. The molecule has 2 N–H and O–H groups in total. The van der Waals surface area contributed by atoms with Crippen molar-refractivity contribution < 1.29 is 35.4 Å². The van der Waals surface area contributed by atoms with Crippen LogP contribution in [-0.2, 0) is 18.9 Å². The summed E-state index contributed by atoms with van der Waals surface area (Å²) in [6.45, 7) is 0.181. The summed E-state index contributed by atoms with van der Waals surface area (Å²) in [6, 6.07) is 9.13. The quantitative estimate of drug-likeness (QED) is 0.202. The molecule has 3 heterocycles. The Hall–Kier alpha value is -4.55. The van der Waals surface area contributed by atoms with E-state index in [2.05, 4.69) is 25.4 Å². The van der Waals surface area contributed by atoms with E-state index in [-0.39, 0.29) is 23.9 Å². The number of rotatable bonds is 5. The Morgan fingerprint density at radius 3 is 2.38 bits per heavy atom. The van der Waals surface area contributed by atoms with Gasteiger partial charge < -0.3 is 10.3 Å². The molecule has 6 nitrogen and oxygen atoms in total. The lowest BCUT2D eigenvalue weighted by Gasteiger charge is -2.15. The maximum Gasteiger partial charge on any atom is 0.417 e. The molecular formula is C26H18F7N6+. The van der Waals surface area contributed by atoms with Gasteiger partial charge in [-0.25, -0.2) is 9.37 Å². The van der Waals surface area contributed by atoms with E-state index in [1.54, 1.807) is 31.4 Å². The molecule has 0 aliphatic carbocycles. The third kappa shape index (κ3) is 5.24. The van der Waals surface area contributed by atoms with Crippen LogP contribution in [-0.4, -0.2) is 27.1 Å². The molecule has 5 rings (SSSR count). The zero-order valence-corrected chi connectivity index (χ0v) is 20.0. The Bertz CT molecular complexity index is 1660. The van der Waals surface area contributed by atoms with Crippen LogP contribution in [0.15, 0.2) is 67.1 Å². The molecule has 0 spiro atoms. The van der Waals surface area contributed by atoms with Gasteiger partial charge in [0.2, 0.25) is 12.7 Å². The van der Waals surface area contributed by atoms with Gasteiger partial charge in [-0.1, -0.05) is 16.8 Å². The van der Waals surface area contributed by atoms with E-state index in [0.29, 0.717) is 34.2 Å². The highest BCUT2D eigenvalue weighted by atomic mass is 19.4. The molecule has 39 heavy (non-hydrogen) atoms. The SMILES string of the molecule is CNc1cccc(-c2nc3cn[n+](Cc4ccc(-c5ccc(C(F)(F)F)cc5C(F)(F)F)nc4)cc3[nH]2)c1F. The second-order valence-corrected chi connectivity index (χ2v) is 8.58. The number of imidazole rings is 1. The Labute approximate surface area is 216 Å². The second-order valence-electron chi connectivity index (χ2n) is 8.58. The van der Waals surface area contributed by atoms with Crippen molar-refractivity contribution in [2.45, 2.75) is 18.9 Å². The molecule has 5 aromatic rings. The molecule has 0 saturated carbocycles. The van der Waals surface area contributed by atoms with Crippen LogP contribution in [0.5, 0.6) is 0 Å². The third-order valence-electron chi connectivity index (χ3n) is 5.99. The van der Waals surface area contributed by atoms with Gasteiger partial charge >= 0.3 is 12.4 Å². The lowest BCUT2D eigenvalue weighted by atomic mass is 10.00. The van der Waals surface area contributed by atoms with E-state index >= 15 is 0 Å². The van der Waals surface area contributed by atoms with Crippen molar-refractivity contribution in [3.63, 3.8) is 0 Å². The van der Waals surface area contributed by atoms with Crippen molar-refractivity contribution in [2.24, 2.45) is 0 Å². The number of pyridine rings is 1. The van der Waals surface area contributed by atoms with Gasteiger partial charge in [-0.2, -0.15) is 26.3 Å². The summed E-state index contributed by atoms with van der Waals surface area (Å²) >= 11 is 0. The number of alkyl halides is 6. The number of halogens is 7. The Balaban J connectivity index is 1.41. The highest BCUT2D eigenvalue weighted by Gasteiger charge is 2.38. The topological polar surface area (TPSA) is 70.4 Å². The van der Waals surface area contributed by atoms with Crippen molar-refractivity contribution in [2.75, 3.05) is 12.4 Å². The first kappa shape index (κ1) is 26.1. The molecule has 0 aliphatic heterocycles. The summed E-state index contributed by atoms with van der Waals surface area (Å²) in [6.07, 6.45) is -5.48. The van der Waals surface area contributed by atoms with Crippen LogP contribution < -0.4 is 10.00 Å². The number of fused-ring (bicyclic) bond motifs is 1. The molecule has 200 valence electrons. The maximum absolute atomic E-state index is 14.7. The lowest BCUT2D eigenvalue weighted by molar-refractivity contribution is -0.745. The first-order valence-corrected chi connectivity index (χ1v) is 11.4. The zero-order chi connectivity index (χ0) is 27.9. The summed E-state index contributed by atoms with van der Waals surface area (Å²) in [5.74, 6) is -0.157. The van der Waals surface area contributed by atoms with Gasteiger partial charge in [0.15, 0.2) is 5.82 Å². The molecule has 0 bridgehead atoms. The number of aromatic nitrogens is 5. The van der Waals surface area contributed by atoms with Crippen molar-refractivity contribution in [3.8, 4) is 22.6 Å². The van der Waals surface area contributed by atoms with Crippen molar-refractivity contribution in [1.29, 1.82) is 0 Å². The van der Waals surface area contributed by atoms with Crippen molar-refractivity contribution >= 4 is 16.7 Å². The largest absolute Gasteiger partial charge is 0.417 e. The number of aromatic amines is 1. The number of anilines is 1. The third-order valence-corrected chi connectivity index (χ3v) is 5.99. The molecule has 0 fully saturated rings. The average molecular weight is 547 g/mol. The fourth-order valence-electron chi connectivity index (χ4n) is 4.07. The van der Waals surface area contributed by atoms with Crippen LogP contribution >= 0.6 is 0 Å². The van der Waals surface area contributed by atoms with Crippen molar-refractivity contribution in [3.05, 3.63) is 89.6 Å². The first-order chi connectivity index (χ1) is 18.4. The molecule has 0 atom stereocenters. The number of H-pyrrole nitrogens is 1. The van der Waals surface area contributed by atoms with E-state index in [1.807, 2.05) is 0 Å². The fraction of sp³-hybridized carbons (Fsp3) is 0.154. The summed E-state index contributed by atoms with van der Waals surface area (Å²) in [4.78, 5) is 11.5. The summed E-state index contributed by atoms with van der Waals surface area (Å²) in [5, 5.41) is 7.04. The van der Waals surface area contributed by atoms with E-state index in [9.17, 15) is 30.7 Å². The normalized spacial score (nSPS) is 12.2. The molecule has 0 aliphatic rings. The molecule has 0 saturated heterocycles. The minimum atomic E-state index is -5.01.